The molecule has 1 spiro atoms. The van der Waals surface area contributed by atoms with E-state index >= 15 is 0 Å². The molecule has 2 amide bonds. The maximum Gasteiger partial charge on any atom is 0.315 e. The van der Waals surface area contributed by atoms with Crippen molar-refractivity contribution in [2.75, 3.05) is 24.7 Å². The summed E-state index contributed by atoms with van der Waals surface area (Å²) in [6, 6.07) is 10.8. The zero-order valence-electron chi connectivity index (χ0n) is 14.0. The first kappa shape index (κ1) is 16.3. The molecular formula is C19H26N2O2S. The van der Waals surface area contributed by atoms with Gasteiger partial charge in [0, 0.05) is 24.9 Å². The molecule has 2 saturated heterocycles. The molecule has 0 aromatic heterocycles. The Labute approximate surface area is 148 Å². The summed E-state index contributed by atoms with van der Waals surface area (Å²) in [5, 5.41) is 6.24. The number of nitrogens with one attached hydrogen (secondary N) is 2. The Kier molecular flexibility index (Phi) is 4.72. The Morgan fingerprint density at radius 3 is 3.00 bits per heavy atom. The average molecular weight is 346 g/mol. The molecule has 1 aromatic rings. The zero-order valence-corrected chi connectivity index (χ0v) is 14.8. The summed E-state index contributed by atoms with van der Waals surface area (Å²) in [4.78, 5) is 12.2. The van der Waals surface area contributed by atoms with Gasteiger partial charge in [0.05, 0.1) is 5.60 Å². The van der Waals surface area contributed by atoms with Crippen molar-refractivity contribution in [3.05, 3.63) is 35.9 Å². The minimum absolute atomic E-state index is 0.0126. The van der Waals surface area contributed by atoms with Gasteiger partial charge in [-0.25, -0.2) is 4.79 Å². The molecule has 2 aliphatic heterocycles. The summed E-state index contributed by atoms with van der Waals surface area (Å²) in [7, 11) is 0. The first-order valence-electron chi connectivity index (χ1n) is 9.05. The van der Waals surface area contributed by atoms with E-state index in [4.69, 9.17) is 4.74 Å². The molecule has 1 aromatic carbocycles. The standard InChI is InChI=1S/C19H26N2O2S/c22-18(20-12-15-10-17(15)14-4-2-1-3-5-14)21-16-6-8-23-19(11-16)7-9-24-13-19/h1-5,15-17H,6-13H2,(H2,20,21,22)/t15-,16-,17+,19+/m0/s1. The molecule has 1 saturated carbocycles. The summed E-state index contributed by atoms with van der Waals surface area (Å²) < 4.78 is 6.02. The molecule has 1 aliphatic carbocycles. The number of thioether (sulfide) groups is 1. The highest BCUT2D eigenvalue weighted by Gasteiger charge is 2.41. The second-order valence-electron chi connectivity index (χ2n) is 7.39. The highest BCUT2D eigenvalue weighted by molar-refractivity contribution is 7.99. The lowest BCUT2D eigenvalue weighted by Gasteiger charge is -2.37. The van der Waals surface area contributed by atoms with E-state index in [-0.39, 0.29) is 17.7 Å². The first-order valence-corrected chi connectivity index (χ1v) is 10.2. The van der Waals surface area contributed by atoms with Gasteiger partial charge in [-0.05, 0) is 48.8 Å². The van der Waals surface area contributed by atoms with Gasteiger partial charge in [-0.2, -0.15) is 11.8 Å². The maximum atomic E-state index is 12.2. The quantitative estimate of drug-likeness (QED) is 0.880. The van der Waals surface area contributed by atoms with Crippen molar-refractivity contribution in [1.29, 1.82) is 0 Å². The van der Waals surface area contributed by atoms with Crippen molar-refractivity contribution in [2.24, 2.45) is 5.92 Å². The SMILES string of the molecule is O=C(NC[C@@H]1C[C@@H]1c1ccccc1)N[C@H]1CCO[C@]2(CCSC2)C1. The number of urea groups is 1. The van der Waals surface area contributed by atoms with Crippen LogP contribution in [-0.2, 0) is 4.74 Å². The first-order chi connectivity index (χ1) is 11.7. The maximum absolute atomic E-state index is 12.2. The van der Waals surface area contributed by atoms with Gasteiger partial charge >= 0.3 is 6.03 Å². The molecule has 130 valence electrons. The number of hydrogen-bond acceptors (Lipinski definition) is 3. The van der Waals surface area contributed by atoms with Gasteiger partial charge in [0.15, 0.2) is 0 Å². The fourth-order valence-electron chi connectivity index (χ4n) is 4.06. The predicted octanol–water partition coefficient (Wildman–Crippen LogP) is 3.14. The van der Waals surface area contributed by atoms with Crippen LogP contribution in [0.2, 0.25) is 0 Å². The van der Waals surface area contributed by atoms with Gasteiger partial charge in [-0.1, -0.05) is 30.3 Å². The zero-order chi connectivity index (χ0) is 16.4. The van der Waals surface area contributed by atoms with Crippen LogP contribution in [0.15, 0.2) is 30.3 Å². The highest BCUT2D eigenvalue weighted by Crippen LogP contribution is 2.46. The van der Waals surface area contributed by atoms with Crippen molar-refractivity contribution in [3.63, 3.8) is 0 Å². The number of carbonyl (C=O) groups excluding carboxylic acids is 1. The predicted molar refractivity (Wildman–Crippen MR) is 97.5 cm³/mol. The summed E-state index contributed by atoms with van der Waals surface area (Å²) in [5.41, 5.74) is 1.42. The van der Waals surface area contributed by atoms with E-state index < -0.39 is 0 Å². The average Bonchev–Trinajstić information content (AvgIpc) is 3.26. The van der Waals surface area contributed by atoms with E-state index in [0.717, 1.165) is 38.2 Å². The van der Waals surface area contributed by atoms with Gasteiger partial charge in [-0.15, -0.1) is 0 Å². The topological polar surface area (TPSA) is 50.4 Å². The molecule has 0 bridgehead atoms. The van der Waals surface area contributed by atoms with Crippen molar-refractivity contribution in [1.82, 2.24) is 10.6 Å². The number of benzene rings is 1. The number of ether oxygens (including phenoxy) is 1. The molecular weight excluding hydrogens is 320 g/mol. The normalized spacial score (nSPS) is 34.9. The van der Waals surface area contributed by atoms with Gasteiger partial charge in [0.2, 0.25) is 0 Å². The van der Waals surface area contributed by atoms with Gasteiger partial charge in [-0.3, -0.25) is 0 Å². The number of rotatable bonds is 4. The third-order valence-corrected chi connectivity index (χ3v) is 6.79. The van der Waals surface area contributed by atoms with Gasteiger partial charge < -0.3 is 15.4 Å². The van der Waals surface area contributed by atoms with E-state index in [2.05, 4.69) is 41.0 Å². The van der Waals surface area contributed by atoms with E-state index in [9.17, 15) is 4.79 Å². The summed E-state index contributed by atoms with van der Waals surface area (Å²) in [6.45, 7) is 1.54. The molecule has 4 rings (SSSR count). The fraction of sp³-hybridized carbons (Fsp3) is 0.632. The molecule has 3 fully saturated rings. The van der Waals surface area contributed by atoms with Crippen LogP contribution in [0, 0.1) is 5.92 Å². The largest absolute Gasteiger partial charge is 0.374 e. The number of amides is 2. The molecule has 4 nitrogen and oxygen atoms in total. The van der Waals surface area contributed by atoms with Crippen LogP contribution in [0.3, 0.4) is 0 Å². The van der Waals surface area contributed by atoms with Crippen molar-refractivity contribution < 1.29 is 9.53 Å². The van der Waals surface area contributed by atoms with Crippen LogP contribution in [-0.4, -0.2) is 42.3 Å². The minimum Gasteiger partial charge on any atom is -0.374 e. The molecule has 2 N–H and O–H groups in total. The van der Waals surface area contributed by atoms with E-state index in [1.54, 1.807) is 0 Å². The van der Waals surface area contributed by atoms with Gasteiger partial charge in [0.25, 0.3) is 0 Å². The lowest BCUT2D eigenvalue weighted by atomic mass is 9.90. The molecule has 3 aliphatic rings. The summed E-state index contributed by atoms with van der Waals surface area (Å²) in [5.74, 6) is 3.47. The smallest absolute Gasteiger partial charge is 0.315 e. The molecule has 0 radical (unpaired) electrons. The van der Waals surface area contributed by atoms with Crippen molar-refractivity contribution >= 4 is 17.8 Å². The molecule has 5 heteroatoms. The molecule has 0 unspecified atom stereocenters. The van der Waals surface area contributed by atoms with E-state index in [1.165, 1.54) is 17.7 Å². The molecule has 24 heavy (non-hydrogen) atoms. The van der Waals surface area contributed by atoms with Crippen molar-refractivity contribution in [2.45, 2.75) is 43.2 Å². The minimum atomic E-state index is -0.0126. The Hall–Kier alpha value is -1.20. The van der Waals surface area contributed by atoms with Crippen LogP contribution in [0.1, 0.15) is 37.2 Å². The van der Waals surface area contributed by atoms with Crippen LogP contribution < -0.4 is 10.6 Å². The second kappa shape index (κ2) is 6.96. The van der Waals surface area contributed by atoms with Crippen LogP contribution in [0.25, 0.3) is 0 Å². The van der Waals surface area contributed by atoms with Crippen molar-refractivity contribution in [3.8, 4) is 0 Å². The lowest BCUT2D eigenvalue weighted by Crippen LogP contribution is -2.51. The van der Waals surface area contributed by atoms with E-state index in [1.807, 2.05) is 11.8 Å². The molecule has 2 heterocycles. The van der Waals surface area contributed by atoms with Gasteiger partial charge in [0.1, 0.15) is 0 Å². The third-order valence-electron chi connectivity index (χ3n) is 5.57. The molecule has 4 atom stereocenters. The Bertz CT molecular complexity index is 574. The second-order valence-corrected chi connectivity index (χ2v) is 8.50. The monoisotopic (exact) mass is 346 g/mol. The number of hydrogen-bond donors (Lipinski definition) is 2. The highest BCUT2D eigenvalue weighted by atomic mass is 32.2. The van der Waals surface area contributed by atoms with Crippen LogP contribution in [0.5, 0.6) is 0 Å². The third kappa shape index (κ3) is 3.72. The van der Waals surface area contributed by atoms with Crippen LogP contribution >= 0.6 is 11.8 Å². The van der Waals surface area contributed by atoms with Crippen LogP contribution in [0.4, 0.5) is 4.79 Å². The Morgan fingerprint density at radius 1 is 1.33 bits per heavy atom. The van der Waals surface area contributed by atoms with E-state index in [0.29, 0.717) is 11.8 Å². The lowest BCUT2D eigenvalue weighted by molar-refractivity contribution is -0.0684. The Balaban J connectivity index is 1.20. The number of carbonyl (C=O) groups is 1. The summed E-state index contributed by atoms with van der Waals surface area (Å²) in [6.07, 6.45) is 4.19. The summed E-state index contributed by atoms with van der Waals surface area (Å²) >= 11 is 1.97. The fourth-order valence-corrected chi connectivity index (χ4v) is 5.43. The Morgan fingerprint density at radius 2 is 2.21 bits per heavy atom.